The van der Waals surface area contributed by atoms with E-state index >= 15 is 0 Å². The molecule has 0 aliphatic carbocycles. The summed E-state index contributed by atoms with van der Waals surface area (Å²) in [5.74, 6) is 0. The van der Waals surface area contributed by atoms with Gasteiger partial charge in [0.15, 0.2) is 0 Å². The van der Waals surface area contributed by atoms with E-state index in [1.54, 1.807) is 6.92 Å². The summed E-state index contributed by atoms with van der Waals surface area (Å²) in [5, 5.41) is 0.962. The molecule has 0 nitrogen and oxygen atoms in total. The lowest BCUT2D eigenvalue weighted by Gasteiger charge is -2.13. The van der Waals surface area contributed by atoms with Crippen LogP contribution in [0.3, 0.4) is 0 Å². The highest BCUT2D eigenvalue weighted by molar-refractivity contribution is 6.41. The maximum absolute atomic E-state index is 12.6. The number of alkyl halides is 3. The number of hydrogen-bond donors (Lipinski definition) is 0. The Morgan fingerprint density at radius 3 is 1.90 bits per heavy atom. The fraction of sp³-hybridized carbons (Fsp3) is 0.143. The van der Waals surface area contributed by atoms with Crippen LogP contribution in [-0.2, 0) is 6.18 Å². The van der Waals surface area contributed by atoms with Gasteiger partial charge in [-0.1, -0.05) is 40.9 Å². The lowest BCUT2D eigenvalue weighted by molar-refractivity contribution is -0.137. The molecule has 0 N–H and O–H groups in total. The quantitative estimate of drug-likeness (QED) is 0.546. The first-order valence-electron chi connectivity index (χ1n) is 5.53. The third-order valence-corrected chi connectivity index (χ3v) is 3.64. The molecular weight excluding hydrogens is 332 g/mol. The molecule has 0 atom stereocenters. The van der Waals surface area contributed by atoms with Crippen molar-refractivity contribution in [2.75, 3.05) is 0 Å². The Kier molecular flexibility index (Phi) is 4.24. The van der Waals surface area contributed by atoms with Crippen LogP contribution in [0.15, 0.2) is 30.3 Å². The topological polar surface area (TPSA) is 0 Å². The summed E-state index contributed by atoms with van der Waals surface area (Å²) in [6.45, 7) is 1.58. The molecule has 0 aliphatic heterocycles. The minimum absolute atomic E-state index is 0.297. The van der Waals surface area contributed by atoms with Crippen molar-refractivity contribution in [3.05, 3.63) is 56.5 Å². The first-order valence-corrected chi connectivity index (χ1v) is 6.66. The van der Waals surface area contributed by atoms with Gasteiger partial charge in [-0.05, 0) is 42.3 Å². The summed E-state index contributed by atoms with van der Waals surface area (Å²) in [4.78, 5) is 0. The Labute approximate surface area is 129 Å². The average Bonchev–Trinajstić information content (AvgIpc) is 2.28. The largest absolute Gasteiger partial charge is 0.416 e. The van der Waals surface area contributed by atoms with Crippen LogP contribution < -0.4 is 0 Å². The lowest BCUT2D eigenvalue weighted by Crippen LogP contribution is -2.05. The second-order valence-corrected chi connectivity index (χ2v) is 5.52. The van der Waals surface area contributed by atoms with Crippen molar-refractivity contribution in [1.29, 1.82) is 0 Å². The van der Waals surface area contributed by atoms with Crippen LogP contribution in [0.25, 0.3) is 11.1 Å². The highest BCUT2D eigenvalue weighted by Gasteiger charge is 2.30. The average molecular weight is 340 g/mol. The summed E-state index contributed by atoms with van der Waals surface area (Å²) in [5.41, 5.74) is 0.750. The zero-order valence-corrected chi connectivity index (χ0v) is 12.4. The van der Waals surface area contributed by atoms with Crippen molar-refractivity contribution < 1.29 is 13.2 Å². The minimum atomic E-state index is -4.38. The van der Waals surface area contributed by atoms with Gasteiger partial charge in [-0.3, -0.25) is 0 Å². The molecule has 6 heteroatoms. The van der Waals surface area contributed by atoms with Crippen molar-refractivity contribution in [3.63, 3.8) is 0 Å². The highest BCUT2D eigenvalue weighted by atomic mass is 35.5. The predicted molar refractivity (Wildman–Crippen MR) is 76.6 cm³/mol. The van der Waals surface area contributed by atoms with Crippen molar-refractivity contribution in [3.8, 4) is 11.1 Å². The molecule has 2 aromatic rings. The summed E-state index contributed by atoms with van der Waals surface area (Å²) in [6, 6.07) is 6.43. The van der Waals surface area contributed by atoms with Crippen LogP contribution >= 0.6 is 34.8 Å². The van der Waals surface area contributed by atoms with E-state index in [0.29, 0.717) is 31.8 Å². The Bertz CT molecular complexity index is 640. The minimum Gasteiger partial charge on any atom is -0.166 e. The molecule has 2 aromatic carbocycles. The SMILES string of the molecule is Cc1cc(C(F)(F)F)ccc1-c1c(Cl)cc(Cl)cc1Cl. The summed E-state index contributed by atoms with van der Waals surface area (Å²) >= 11 is 18.0. The Morgan fingerprint density at radius 1 is 0.900 bits per heavy atom. The van der Waals surface area contributed by atoms with Gasteiger partial charge in [-0.2, -0.15) is 13.2 Å². The van der Waals surface area contributed by atoms with E-state index in [0.717, 1.165) is 12.1 Å². The predicted octanol–water partition coefficient (Wildman–Crippen LogP) is 6.64. The van der Waals surface area contributed by atoms with Crippen molar-refractivity contribution in [2.24, 2.45) is 0 Å². The maximum atomic E-state index is 12.6. The first kappa shape index (κ1) is 15.5. The van der Waals surface area contributed by atoms with Crippen LogP contribution in [0.1, 0.15) is 11.1 Å². The van der Waals surface area contributed by atoms with Crippen LogP contribution in [0.4, 0.5) is 13.2 Å². The van der Waals surface area contributed by atoms with Gasteiger partial charge < -0.3 is 0 Å². The second-order valence-electron chi connectivity index (χ2n) is 4.27. The number of rotatable bonds is 1. The molecule has 0 aromatic heterocycles. The van der Waals surface area contributed by atoms with Crippen LogP contribution in [-0.4, -0.2) is 0 Å². The third kappa shape index (κ3) is 3.05. The Hall–Kier alpha value is -0.900. The van der Waals surface area contributed by atoms with Gasteiger partial charge in [0.25, 0.3) is 0 Å². The number of benzene rings is 2. The molecule has 106 valence electrons. The van der Waals surface area contributed by atoms with Crippen molar-refractivity contribution in [1.82, 2.24) is 0 Å². The molecule has 20 heavy (non-hydrogen) atoms. The molecule has 0 unspecified atom stereocenters. The zero-order chi connectivity index (χ0) is 15.1. The van der Waals surface area contributed by atoms with Gasteiger partial charge in [-0.25, -0.2) is 0 Å². The van der Waals surface area contributed by atoms with E-state index in [9.17, 15) is 13.2 Å². The Balaban J connectivity index is 2.61. The smallest absolute Gasteiger partial charge is 0.166 e. The molecule has 0 spiro atoms. The molecule has 0 bridgehead atoms. The molecule has 0 saturated carbocycles. The number of halogens is 6. The molecule has 0 aliphatic rings. The standard InChI is InChI=1S/C14H8Cl3F3/c1-7-4-8(14(18,19)20)2-3-10(7)13-11(16)5-9(15)6-12(13)17/h2-6H,1H3. The van der Waals surface area contributed by atoms with Crippen LogP contribution in [0.2, 0.25) is 15.1 Å². The molecule has 0 radical (unpaired) electrons. The van der Waals surface area contributed by atoms with Crippen LogP contribution in [0.5, 0.6) is 0 Å². The summed E-state index contributed by atoms with van der Waals surface area (Å²) in [6.07, 6.45) is -4.38. The van der Waals surface area contributed by atoms with Gasteiger partial charge in [0.2, 0.25) is 0 Å². The molecule has 2 rings (SSSR count). The van der Waals surface area contributed by atoms with Gasteiger partial charge in [-0.15, -0.1) is 0 Å². The van der Waals surface area contributed by atoms with E-state index in [-0.39, 0.29) is 0 Å². The highest BCUT2D eigenvalue weighted by Crippen LogP contribution is 2.40. The molecule has 0 amide bonds. The van der Waals surface area contributed by atoms with Gasteiger partial charge in [0, 0.05) is 10.6 Å². The normalized spacial score (nSPS) is 11.8. The molecule has 0 heterocycles. The summed E-state index contributed by atoms with van der Waals surface area (Å²) in [7, 11) is 0. The van der Waals surface area contributed by atoms with E-state index in [1.807, 2.05) is 0 Å². The maximum Gasteiger partial charge on any atom is 0.416 e. The monoisotopic (exact) mass is 338 g/mol. The van der Waals surface area contributed by atoms with Crippen molar-refractivity contribution in [2.45, 2.75) is 13.1 Å². The van der Waals surface area contributed by atoms with Gasteiger partial charge in [0.05, 0.1) is 15.6 Å². The summed E-state index contributed by atoms with van der Waals surface area (Å²) < 4.78 is 37.9. The molecule has 0 saturated heterocycles. The van der Waals surface area contributed by atoms with Crippen molar-refractivity contribution >= 4 is 34.8 Å². The zero-order valence-electron chi connectivity index (χ0n) is 10.2. The van der Waals surface area contributed by atoms with Gasteiger partial charge >= 0.3 is 6.18 Å². The number of aryl methyl sites for hydroxylation is 1. The molecular formula is C14H8Cl3F3. The van der Waals surface area contributed by atoms with E-state index in [2.05, 4.69) is 0 Å². The second kappa shape index (κ2) is 5.47. The van der Waals surface area contributed by atoms with Crippen LogP contribution in [0, 0.1) is 6.92 Å². The third-order valence-electron chi connectivity index (χ3n) is 2.83. The lowest BCUT2D eigenvalue weighted by atomic mass is 9.98. The fourth-order valence-corrected chi connectivity index (χ4v) is 2.94. The van der Waals surface area contributed by atoms with E-state index in [4.69, 9.17) is 34.8 Å². The molecule has 0 fully saturated rings. The van der Waals surface area contributed by atoms with Gasteiger partial charge in [0.1, 0.15) is 0 Å². The Morgan fingerprint density at radius 2 is 1.45 bits per heavy atom. The van der Waals surface area contributed by atoms with E-state index in [1.165, 1.54) is 18.2 Å². The fourth-order valence-electron chi connectivity index (χ4n) is 1.92. The van der Waals surface area contributed by atoms with E-state index < -0.39 is 11.7 Å². The number of hydrogen-bond acceptors (Lipinski definition) is 0. The first-order chi connectivity index (χ1) is 9.20.